The number of benzene rings is 1. The fourth-order valence-electron chi connectivity index (χ4n) is 4.64. The van der Waals surface area contributed by atoms with E-state index in [1.165, 1.54) is 11.1 Å². The van der Waals surface area contributed by atoms with Gasteiger partial charge in [-0.3, -0.25) is 4.79 Å². The van der Waals surface area contributed by atoms with Gasteiger partial charge in [0.15, 0.2) is 17.3 Å². The van der Waals surface area contributed by atoms with Crippen molar-refractivity contribution in [3.8, 4) is 11.9 Å². The van der Waals surface area contributed by atoms with Gasteiger partial charge in [-0.25, -0.2) is 24.3 Å². The van der Waals surface area contributed by atoms with E-state index in [1.807, 2.05) is 19.9 Å². The summed E-state index contributed by atoms with van der Waals surface area (Å²) in [6.45, 7) is 5.71. The largest absolute Gasteiger partial charge is 0.324 e. The Hall–Kier alpha value is -4.10. The second-order valence-corrected chi connectivity index (χ2v) is 9.45. The van der Waals surface area contributed by atoms with Crippen LogP contribution in [0.5, 0.6) is 0 Å². The number of nitriles is 1. The van der Waals surface area contributed by atoms with Crippen molar-refractivity contribution in [2.24, 2.45) is 0 Å². The molecule has 0 radical (unpaired) electrons. The molecule has 4 aromatic rings. The molecule has 2 N–H and O–H groups in total. The van der Waals surface area contributed by atoms with Crippen LogP contribution in [0.1, 0.15) is 49.7 Å². The summed E-state index contributed by atoms with van der Waals surface area (Å²) in [5, 5.41) is 16.7. The van der Waals surface area contributed by atoms with Gasteiger partial charge < -0.3 is 10.6 Å². The lowest BCUT2D eigenvalue weighted by molar-refractivity contribution is 0.470. The van der Waals surface area contributed by atoms with Gasteiger partial charge in [0.1, 0.15) is 10.8 Å². The Morgan fingerprint density at radius 1 is 1.17 bits per heavy atom. The Bertz CT molecular complexity index is 1560. The lowest BCUT2D eigenvalue weighted by Crippen LogP contribution is -2.25. The number of hydrogen-bond acceptors (Lipinski definition) is 8. The van der Waals surface area contributed by atoms with Gasteiger partial charge in [-0.1, -0.05) is 6.07 Å². The quantitative estimate of drug-likeness (QED) is 0.459. The van der Waals surface area contributed by atoms with Crippen LogP contribution in [0, 0.1) is 11.3 Å². The predicted octanol–water partition coefficient (Wildman–Crippen LogP) is 2.90. The number of hydrogen-bond donors (Lipinski definition) is 2. The smallest absolute Gasteiger partial charge is 0.278 e. The first-order chi connectivity index (χ1) is 17.0. The van der Waals surface area contributed by atoms with Gasteiger partial charge in [-0.05, 0) is 62.9 Å². The van der Waals surface area contributed by atoms with Gasteiger partial charge in [0.25, 0.3) is 5.56 Å². The van der Waals surface area contributed by atoms with E-state index in [-0.39, 0.29) is 11.6 Å². The van der Waals surface area contributed by atoms with Gasteiger partial charge in [0.05, 0.1) is 6.07 Å². The minimum Gasteiger partial charge on any atom is -0.324 e. The van der Waals surface area contributed by atoms with Crippen LogP contribution >= 0.6 is 0 Å². The van der Waals surface area contributed by atoms with Crippen LogP contribution in [0.4, 0.5) is 11.6 Å². The van der Waals surface area contributed by atoms with E-state index in [0.717, 1.165) is 38.0 Å². The second kappa shape index (κ2) is 7.99. The highest BCUT2D eigenvalue weighted by atomic mass is 16.1. The molecule has 1 aliphatic heterocycles. The molecular weight excluding hydrogens is 442 g/mol. The highest BCUT2D eigenvalue weighted by Crippen LogP contribution is 2.45. The summed E-state index contributed by atoms with van der Waals surface area (Å²) in [5.41, 5.74) is 3.13. The molecule has 6 rings (SSSR count). The molecule has 0 unspecified atom stereocenters. The van der Waals surface area contributed by atoms with Crippen molar-refractivity contribution >= 4 is 22.7 Å². The Morgan fingerprint density at radius 2 is 2.03 bits per heavy atom. The Labute approximate surface area is 201 Å². The first-order valence-corrected chi connectivity index (χ1v) is 11.8. The molecule has 176 valence electrons. The Balaban J connectivity index is 1.46. The zero-order valence-corrected chi connectivity index (χ0v) is 19.6. The molecule has 1 fully saturated rings. The normalized spacial score (nSPS) is 16.2. The summed E-state index contributed by atoms with van der Waals surface area (Å²) in [7, 11) is 0. The maximum atomic E-state index is 13.3. The van der Waals surface area contributed by atoms with Crippen LogP contribution in [0.25, 0.3) is 16.9 Å². The van der Waals surface area contributed by atoms with Crippen LogP contribution in [0.15, 0.2) is 41.5 Å². The van der Waals surface area contributed by atoms with E-state index >= 15 is 0 Å². The Kier molecular flexibility index (Phi) is 4.89. The lowest BCUT2D eigenvalue weighted by Gasteiger charge is -2.18. The maximum absolute atomic E-state index is 13.3. The molecule has 2 aliphatic rings. The molecule has 0 saturated heterocycles. The van der Waals surface area contributed by atoms with E-state index in [0.29, 0.717) is 28.6 Å². The van der Waals surface area contributed by atoms with Crippen molar-refractivity contribution in [2.75, 3.05) is 11.9 Å². The molecule has 10 nitrogen and oxygen atoms in total. The van der Waals surface area contributed by atoms with Crippen LogP contribution in [-0.2, 0) is 18.4 Å². The number of fused-ring (bicyclic) bond motifs is 2. The summed E-state index contributed by atoms with van der Waals surface area (Å²) in [6, 6.07) is 10.2. The fraction of sp³-hybridized carbons (Fsp3) is 0.360. The standard InChI is InChI=1S/C25H25N9O/c1-15(2)33-22(35)19-13-29-24(30-18-4-3-17-12-27-9-5-16(17)11-18)32-21(19)34(33)20-6-10-28-23(31-20)25(14-26)7-8-25/h3-4,6,10-11,13,15,27H,5,7-9,12H2,1-2H3,(H,29,30,32). The number of aromatic nitrogens is 6. The molecule has 1 aliphatic carbocycles. The fourth-order valence-corrected chi connectivity index (χ4v) is 4.64. The molecule has 35 heavy (non-hydrogen) atoms. The van der Waals surface area contributed by atoms with Crippen LogP contribution < -0.4 is 16.2 Å². The van der Waals surface area contributed by atoms with Gasteiger partial charge in [0.2, 0.25) is 5.95 Å². The molecule has 0 bridgehead atoms. The van der Waals surface area contributed by atoms with Gasteiger partial charge in [-0.2, -0.15) is 10.2 Å². The van der Waals surface area contributed by atoms with Crippen LogP contribution in [0.3, 0.4) is 0 Å². The molecule has 4 heterocycles. The van der Waals surface area contributed by atoms with E-state index in [9.17, 15) is 10.1 Å². The molecule has 1 saturated carbocycles. The summed E-state index contributed by atoms with van der Waals surface area (Å²) in [6.07, 6.45) is 5.65. The summed E-state index contributed by atoms with van der Waals surface area (Å²) >= 11 is 0. The first kappa shape index (κ1) is 21.4. The topological polar surface area (TPSA) is 126 Å². The third-order valence-electron chi connectivity index (χ3n) is 6.71. The monoisotopic (exact) mass is 467 g/mol. The molecule has 10 heteroatoms. The summed E-state index contributed by atoms with van der Waals surface area (Å²) < 4.78 is 3.33. The van der Waals surface area contributed by atoms with Crippen molar-refractivity contribution in [2.45, 2.75) is 51.1 Å². The summed E-state index contributed by atoms with van der Waals surface area (Å²) in [4.78, 5) is 31.5. The number of nitrogens with one attached hydrogen (secondary N) is 2. The molecule has 0 amide bonds. The zero-order valence-electron chi connectivity index (χ0n) is 19.6. The lowest BCUT2D eigenvalue weighted by atomic mass is 10.0. The molecule has 0 spiro atoms. The number of nitrogens with zero attached hydrogens (tertiary/aromatic N) is 7. The summed E-state index contributed by atoms with van der Waals surface area (Å²) in [5.74, 6) is 1.38. The van der Waals surface area contributed by atoms with E-state index in [4.69, 9.17) is 9.97 Å². The molecular formula is C25H25N9O. The van der Waals surface area contributed by atoms with Crippen molar-refractivity contribution in [1.29, 1.82) is 5.26 Å². The average Bonchev–Trinajstić information content (AvgIpc) is 3.62. The third kappa shape index (κ3) is 3.56. The molecule has 0 atom stereocenters. The van der Waals surface area contributed by atoms with Gasteiger partial charge >= 0.3 is 0 Å². The van der Waals surface area contributed by atoms with Crippen LogP contribution in [-0.4, -0.2) is 35.8 Å². The third-order valence-corrected chi connectivity index (χ3v) is 6.71. The van der Waals surface area contributed by atoms with Gasteiger partial charge in [0, 0.05) is 36.7 Å². The molecule has 1 aromatic carbocycles. The SMILES string of the molecule is CC(C)n1c(=O)c2cnc(Nc3ccc4c(c3)CCNC4)nc2n1-c1ccnc(C2(C#N)CC2)n1. The minimum atomic E-state index is -0.633. The van der Waals surface area contributed by atoms with Crippen molar-refractivity contribution < 1.29 is 0 Å². The van der Waals surface area contributed by atoms with Crippen molar-refractivity contribution in [3.05, 3.63) is 64.0 Å². The maximum Gasteiger partial charge on any atom is 0.278 e. The van der Waals surface area contributed by atoms with Crippen LogP contribution in [0.2, 0.25) is 0 Å². The van der Waals surface area contributed by atoms with E-state index in [1.54, 1.807) is 27.8 Å². The average molecular weight is 468 g/mol. The highest BCUT2D eigenvalue weighted by Gasteiger charge is 2.48. The van der Waals surface area contributed by atoms with E-state index in [2.05, 4.69) is 38.8 Å². The number of rotatable bonds is 5. The van der Waals surface area contributed by atoms with Gasteiger partial charge in [-0.15, -0.1) is 0 Å². The second-order valence-electron chi connectivity index (χ2n) is 9.45. The van der Waals surface area contributed by atoms with Crippen molar-refractivity contribution in [3.63, 3.8) is 0 Å². The number of anilines is 2. The predicted molar refractivity (Wildman–Crippen MR) is 131 cm³/mol. The van der Waals surface area contributed by atoms with Crippen molar-refractivity contribution in [1.82, 2.24) is 34.6 Å². The highest BCUT2D eigenvalue weighted by molar-refractivity contribution is 5.77. The minimum absolute atomic E-state index is 0.147. The van der Waals surface area contributed by atoms with E-state index < -0.39 is 5.41 Å². The Morgan fingerprint density at radius 3 is 2.80 bits per heavy atom. The zero-order chi connectivity index (χ0) is 24.2. The molecule has 3 aromatic heterocycles. The first-order valence-electron chi connectivity index (χ1n) is 11.8.